The minimum Gasteiger partial charge on any atom is -0.480 e. The van der Waals surface area contributed by atoms with Crippen LogP contribution in [0.2, 0.25) is 0 Å². The Balaban J connectivity index is 1.44. The lowest BCUT2D eigenvalue weighted by Crippen LogP contribution is -2.52. The Kier molecular flexibility index (Phi) is 11.0. The fourth-order valence-corrected chi connectivity index (χ4v) is 4.81. The lowest BCUT2D eigenvalue weighted by molar-refractivity contribution is -0.157. The summed E-state index contributed by atoms with van der Waals surface area (Å²) in [6.07, 6.45) is 0.723. The van der Waals surface area contributed by atoms with E-state index in [9.17, 15) is 19.2 Å². The van der Waals surface area contributed by atoms with Gasteiger partial charge >= 0.3 is 12.1 Å². The maximum Gasteiger partial charge on any atom is 0.410 e. The Morgan fingerprint density at radius 3 is 2.20 bits per heavy atom. The summed E-state index contributed by atoms with van der Waals surface area (Å²) < 4.78 is 16.5. The number of ether oxygens (including phenoxy) is 3. The fourth-order valence-electron chi connectivity index (χ4n) is 4.81. The van der Waals surface area contributed by atoms with Crippen molar-refractivity contribution in [3.63, 3.8) is 0 Å². The number of nitrogens with zero attached hydrogens (tertiary/aromatic N) is 1. The van der Waals surface area contributed by atoms with Crippen LogP contribution in [0.5, 0.6) is 5.75 Å². The molecule has 3 amide bonds. The molecule has 0 radical (unpaired) electrons. The van der Waals surface area contributed by atoms with Gasteiger partial charge in [0.2, 0.25) is 11.8 Å². The Bertz CT molecular complexity index is 1420. The van der Waals surface area contributed by atoms with Crippen molar-refractivity contribution in [3.05, 3.63) is 96.1 Å². The molecule has 0 aromatic heterocycles. The van der Waals surface area contributed by atoms with Crippen molar-refractivity contribution in [2.75, 3.05) is 18.5 Å². The second-order valence-electron chi connectivity index (χ2n) is 11.5. The topological polar surface area (TPSA) is 123 Å². The van der Waals surface area contributed by atoms with Crippen molar-refractivity contribution in [2.45, 2.75) is 64.3 Å². The molecule has 3 aromatic rings. The van der Waals surface area contributed by atoms with E-state index in [-0.39, 0.29) is 25.4 Å². The molecule has 1 heterocycles. The second-order valence-corrected chi connectivity index (χ2v) is 11.5. The van der Waals surface area contributed by atoms with Crippen molar-refractivity contribution in [3.8, 4) is 5.75 Å². The van der Waals surface area contributed by atoms with Gasteiger partial charge in [-0.05, 0) is 56.9 Å². The van der Waals surface area contributed by atoms with Crippen LogP contribution in [0.25, 0.3) is 0 Å². The molecular weight excluding hydrogens is 562 g/mol. The van der Waals surface area contributed by atoms with Crippen LogP contribution >= 0.6 is 0 Å². The minimum atomic E-state index is -0.966. The van der Waals surface area contributed by atoms with Crippen molar-refractivity contribution in [1.29, 1.82) is 0 Å². The first-order chi connectivity index (χ1) is 21.1. The number of likely N-dealkylation sites (tertiary alicyclic amines) is 1. The maximum atomic E-state index is 13.6. The van der Waals surface area contributed by atoms with Crippen molar-refractivity contribution in [2.24, 2.45) is 0 Å². The molecule has 0 aliphatic carbocycles. The Labute approximate surface area is 257 Å². The number of carbonyl (C=O) groups is 4. The quantitative estimate of drug-likeness (QED) is 0.301. The molecule has 0 unspecified atom stereocenters. The van der Waals surface area contributed by atoms with E-state index < -0.39 is 41.6 Å². The summed E-state index contributed by atoms with van der Waals surface area (Å²) in [5.41, 5.74) is 1.36. The van der Waals surface area contributed by atoms with Gasteiger partial charge in [-0.15, -0.1) is 0 Å². The number of anilines is 1. The average molecular weight is 602 g/mol. The predicted octanol–water partition coefficient (Wildman–Crippen LogP) is 4.87. The predicted molar refractivity (Wildman–Crippen MR) is 165 cm³/mol. The van der Waals surface area contributed by atoms with Crippen LogP contribution in [0.4, 0.5) is 10.5 Å². The Morgan fingerprint density at radius 2 is 1.52 bits per heavy atom. The number of esters is 1. The number of hydrogen-bond acceptors (Lipinski definition) is 7. The summed E-state index contributed by atoms with van der Waals surface area (Å²) in [5, 5.41) is 5.70. The lowest BCUT2D eigenvalue weighted by Gasteiger charge is -2.26. The summed E-state index contributed by atoms with van der Waals surface area (Å²) in [6.45, 7) is 5.42. The summed E-state index contributed by atoms with van der Waals surface area (Å²) >= 11 is 0. The van der Waals surface area contributed by atoms with Crippen LogP contribution in [-0.4, -0.2) is 59.6 Å². The zero-order valence-corrected chi connectivity index (χ0v) is 25.3. The van der Waals surface area contributed by atoms with Crippen molar-refractivity contribution >= 4 is 29.6 Å². The van der Waals surface area contributed by atoms with E-state index in [0.717, 1.165) is 11.1 Å². The van der Waals surface area contributed by atoms with Crippen molar-refractivity contribution in [1.82, 2.24) is 10.2 Å². The van der Waals surface area contributed by atoms with Crippen molar-refractivity contribution < 1.29 is 33.4 Å². The van der Waals surface area contributed by atoms with Crippen LogP contribution < -0.4 is 15.4 Å². The third-order valence-electron chi connectivity index (χ3n) is 6.82. The number of carbonyl (C=O) groups excluding carboxylic acids is 4. The first-order valence-electron chi connectivity index (χ1n) is 14.7. The van der Waals surface area contributed by atoms with Crippen LogP contribution in [-0.2, 0) is 36.9 Å². The smallest absolute Gasteiger partial charge is 0.410 e. The number of nitrogens with one attached hydrogen (secondary N) is 2. The molecular formula is C34H39N3O7. The van der Waals surface area contributed by atoms with E-state index in [1.807, 2.05) is 60.7 Å². The maximum absolute atomic E-state index is 13.6. The van der Waals surface area contributed by atoms with Gasteiger partial charge in [0.1, 0.15) is 30.0 Å². The number of hydrogen-bond donors (Lipinski definition) is 2. The van der Waals surface area contributed by atoms with Gasteiger partial charge in [-0.3, -0.25) is 14.5 Å². The van der Waals surface area contributed by atoms with Crippen LogP contribution in [0.3, 0.4) is 0 Å². The van der Waals surface area contributed by atoms with Gasteiger partial charge in [-0.1, -0.05) is 72.8 Å². The Hall–Kier alpha value is -4.86. The number of para-hydroxylation sites is 2. The highest BCUT2D eigenvalue weighted by atomic mass is 16.6. The van der Waals surface area contributed by atoms with E-state index in [2.05, 4.69) is 10.6 Å². The number of amides is 3. The molecule has 2 N–H and O–H groups in total. The lowest BCUT2D eigenvalue weighted by atomic mass is 10.0. The summed E-state index contributed by atoms with van der Waals surface area (Å²) in [7, 11) is 0. The summed E-state index contributed by atoms with van der Waals surface area (Å²) in [5.74, 6) is -1.19. The molecule has 10 heteroatoms. The minimum absolute atomic E-state index is 0.0962. The highest BCUT2D eigenvalue weighted by Crippen LogP contribution is 2.25. The first kappa shape index (κ1) is 32.1. The van der Waals surface area contributed by atoms with Gasteiger partial charge in [-0.2, -0.15) is 0 Å². The van der Waals surface area contributed by atoms with Gasteiger partial charge < -0.3 is 24.8 Å². The van der Waals surface area contributed by atoms with E-state index in [1.165, 1.54) is 4.90 Å². The molecule has 0 bridgehead atoms. The number of rotatable bonds is 11. The van der Waals surface area contributed by atoms with Crippen LogP contribution in [0.1, 0.15) is 44.7 Å². The van der Waals surface area contributed by atoms with Gasteiger partial charge in [0, 0.05) is 13.0 Å². The fraction of sp³-hybridized carbons (Fsp3) is 0.353. The molecule has 232 valence electrons. The van der Waals surface area contributed by atoms with Gasteiger partial charge in [-0.25, -0.2) is 9.59 Å². The van der Waals surface area contributed by atoms with Gasteiger partial charge in [0.05, 0.1) is 5.69 Å². The van der Waals surface area contributed by atoms with Gasteiger partial charge in [0.15, 0.2) is 6.61 Å². The average Bonchev–Trinajstić information content (AvgIpc) is 3.50. The standard InChI is InChI=1S/C34H39N3O7/c1-34(2,3)44-30(38)23-42-29-19-11-10-17-26(29)35-31(39)27(21-24-13-6-4-7-14-24)36-32(40)28-18-12-20-37(28)33(41)43-22-25-15-8-5-9-16-25/h4-11,13-17,19,27-28H,12,18,20-23H2,1-3H3,(H,35,39)(H,36,40)/t27-,28+/m1/s1. The third kappa shape index (κ3) is 9.58. The third-order valence-corrected chi connectivity index (χ3v) is 6.82. The van der Waals surface area contributed by atoms with E-state index in [0.29, 0.717) is 25.1 Å². The molecule has 1 fully saturated rings. The highest BCUT2D eigenvalue weighted by molar-refractivity contribution is 5.99. The molecule has 1 aliphatic rings. The molecule has 0 spiro atoms. The highest BCUT2D eigenvalue weighted by Gasteiger charge is 2.37. The number of benzene rings is 3. The zero-order valence-electron chi connectivity index (χ0n) is 25.3. The van der Waals surface area contributed by atoms with Crippen LogP contribution in [0, 0.1) is 0 Å². The molecule has 1 aliphatic heterocycles. The summed E-state index contributed by atoms with van der Waals surface area (Å²) in [4.78, 5) is 53.7. The molecule has 2 atom stereocenters. The molecule has 3 aromatic carbocycles. The monoisotopic (exact) mass is 601 g/mol. The van der Waals surface area contributed by atoms with E-state index in [1.54, 1.807) is 45.0 Å². The molecule has 0 saturated carbocycles. The molecule has 1 saturated heterocycles. The van der Waals surface area contributed by atoms with E-state index >= 15 is 0 Å². The first-order valence-corrected chi connectivity index (χ1v) is 14.7. The second kappa shape index (κ2) is 15.0. The molecule has 4 rings (SSSR count). The normalized spacial score (nSPS) is 15.2. The van der Waals surface area contributed by atoms with E-state index in [4.69, 9.17) is 14.2 Å². The van der Waals surface area contributed by atoms with Crippen LogP contribution in [0.15, 0.2) is 84.9 Å². The largest absolute Gasteiger partial charge is 0.480 e. The molecule has 10 nitrogen and oxygen atoms in total. The summed E-state index contributed by atoms with van der Waals surface area (Å²) in [6, 6.07) is 23.6. The SMILES string of the molecule is CC(C)(C)OC(=O)COc1ccccc1NC(=O)[C@@H](Cc1ccccc1)NC(=O)[C@@H]1CCCN1C(=O)OCc1ccccc1. The molecule has 44 heavy (non-hydrogen) atoms. The zero-order chi connectivity index (χ0) is 31.5. The van der Waals surface area contributed by atoms with Gasteiger partial charge in [0.25, 0.3) is 0 Å². The Morgan fingerprint density at radius 1 is 0.886 bits per heavy atom.